The quantitative estimate of drug-likeness (QED) is 0.790. The van der Waals surface area contributed by atoms with Gasteiger partial charge in [0.2, 0.25) is 5.91 Å². The van der Waals surface area contributed by atoms with Crippen molar-refractivity contribution in [2.75, 3.05) is 6.54 Å². The van der Waals surface area contributed by atoms with Crippen molar-refractivity contribution >= 4 is 21.7 Å². The highest BCUT2D eigenvalue weighted by atomic mass is 32.2. The number of carbonyl (C=O) groups is 2. The van der Waals surface area contributed by atoms with Crippen molar-refractivity contribution < 1.29 is 36.3 Å². The van der Waals surface area contributed by atoms with Crippen LogP contribution in [0.2, 0.25) is 0 Å². The van der Waals surface area contributed by atoms with E-state index in [0.717, 1.165) is 22.6 Å². The minimum absolute atomic E-state index is 0.0153. The first-order chi connectivity index (χ1) is 13.4. The Kier molecular flexibility index (Phi) is 5.15. The SMILES string of the molecule is CC(=O)N1C[C@H](S(=O)(=O)c2ccc(-n3cccn3)cc2C(F)(F)F)C[C@H]1C(=O)O. The highest BCUT2D eigenvalue weighted by molar-refractivity contribution is 7.92. The van der Waals surface area contributed by atoms with Crippen molar-refractivity contribution in [3.05, 3.63) is 42.2 Å². The largest absolute Gasteiger partial charge is 0.480 e. The molecule has 1 N–H and O–H groups in total. The standard InChI is InChI=1S/C17H16F3N3O5S/c1-10(24)22-9-12(8-14(22)16(25)26)29(27,28)15-4-3-11(23-6-2-5-21-23)7-13(15)17(18,19)20/h2-7,12,14H,8-9H2,1H3,(H,25,26)/t12-,14+/m1/s1. The van der Waals surface area contributed by atoms with Gasteiger partial charge in [-0.3, -0.25) is 4.79 Å². The Morgan fingerprint density at radius 3 is 2.45 bits per heavy atom. The normalized spacial score (nSPS) is 20.1. The molecule has 1 aliphatic rings. The maximum Gasteiger partial charge on any atom is 0.417 e. The molecule has 3 rings (SSSR count). The molecule has 12 heteroatoms. The van der Waals surface area contributed by atoms with E-state index < -0.39 is 62.6 Å². The van der Waals surface area contributed by atoms with Crippen molar-refractivity contribution in [1.29, 1.82) is 0 Å². The predicted molar refractivity (Wildman–Crippen MR) is 93.0 cm³/mol. The molecule has 2 heterocycles. The number of carboxylic acids is 1. The lowest BCUT2D eigenvalue weighted by atomic mass is 10.2. The van der Waals surface area contributed by atoms with E-state index in [2.05, 4.69) is 5.10 Å². The minimum atomic E-state index is -4.98. The summed E-state index contributed by atoms with van der Waals surface area (Å²) in [5.41, 5.74) is -1.36. The van der Waals surface area contributed by atoms with Crippen molar-refractivity contribution in [3.8, 4) is 5.69 Å². The zero-order valence-electron chi connectivity index (χ0n) is 15.0. The molecule has 2 aromatic rings. The van der Waals surface area contributed by atoms with Gasteiger partial charge in [-0.1, -0.05) is 0 Å². The molecule has 0 saturated carbocycles. The van der Waals surface area contributed by atoms with Crippen LogP contribution >= 0.6 is 0 Å². The summed E-state index contributed by atoms with van der Waals surface area (Å²) in [7, 11) is -4.58. The highest BCUT2D eigenvalue weighted by Gasteiger charge is 2.47. The molecule has 8 nitrogen and oxygen atoms in total. The number of alkyl halides is 3. The van der Waals surface area contributed by atoms with Crippen molar-refractivity contribution in [2.45, 2.75) is 35.7 Å². The number of aromatic nitrogens is 2. The van der Waals surface area contributed by atoms with Crippen LogP contribution in [0.15, 0.2) is 41.6 Å². The molecular formula is C17H16F3N3O5S. The second kappa shape index (κ2) is 7.17. The monoisotopic (exact) mass is 431 g/mol. The van der Waals surface area contributed by atoms with Crippen molar-refractivity contribution in [1.82, 2.24) is 14.7 Å². The summed E-state index contributed by atoms with van der Waals surface area (Å²) in [6, 6.07) is 2.78. The number of hydrogen-bond acceptors (Lipinski definition) is 5. The molecule has 1 fully saturated rings. The highest BCUT2D eigenvalue weighted by Crippen LogP contribution is 2.38. The number of carbonyl (C=O) groups excluding carboxylic acids is 1. The number of halogens is 3. The number of nitrogens with zero attached hydrogens (tertiary/aromatic N) is 3. The summed E-state index contributed by atoms with van der Waals surface area (Å²) in [5.74, 6) is -2.08. The number of aliphatic carboxylic acids is 1. The van der Waals surface area contributed by atoms with Crippen LogP contribution in [-0.4, -0.2) is 57.9 Å². The number of amides is 1. The van der Waals surface area contributed by atoms with Crippen molar-refractivity contribution in [3.63, 3.8) is 0 Å². The van der Waals surface area contributed by atoms with Gasteiger partial charge in [-0.05, 0) is 30.7 Å². The first-order valence-electron chi connectivity index (χ1n) is 8.38. The van der Waals surface area contributed by atoms with Crippen LogP contribution in [0.25, 0.3) is 5.69 Å². The Morgan fingerprint density at radius 2 is 1.97 bits per heavy atom. The Balaban J connectivity index is 2.07. The molecule has 2 atom stereocenters. The number of likely N-dealkylation sites (tertiary alicyclic amines) is 1. The molecule has 29 heavy (non-hydrogen) atoms. The fourth-order valence-electron chi connectivity index (χ4n) is 3.34. The zero-order valence-corrected chi connectivity index (χ0v) is 15.8. The Bertz CT molecular complexity index is 1030. The van der Waals surface area contributed by atoms with E-state index in [1.807, 2.05) is 0 Å². The van der Waals surface area contributed by atoms with Crippen LogP contribution in [0.5, 0.6) is 0 Å². The third-order valence-electron chi connectivity index (χ3n) is 4.74. The van der Waals surface area contributed by atoms with E-state index in [4.69, 9.17) is 0 Å². The van der Waals surface area contributed by atoms with Crippen LogP contribution in [-0.2, 0) is 25.6 Å². The van der Waals surface area contributed by atoms with E-state index >= 15 is 0 Å². The molecule has 0 spiro atoms. The molecule has 0 aliphatic carbocycles. The van der Waals surface area contributed by atoms with Gasteiger partial charge in [-0.25, -0.2) is 17.9 Å². The van der Waals surface area contributed by atoms with E-state index in [-0.39, 0.29) is 5.69 Å². The molecule has 0 unspecified atom stereocenters. The molecular weight excluding hydrogens is 415 g/mol. The summed E-state index contributed by atoms with van der Waals surface area (Å²) in [6.07, 6.45) is -2.70. The Labute approximate surface area is 163 Å². The van der Waals surface area contributed by atoms with Gasteiger partial charge < -0.3 is 10.0 Å². The molecule has 0 radical (unpaired) electrons. The second-order valence-corrected chi connectivity index (χ2v) is 8.75. The summed E-state index contributed by atoms with van der Waals surface area (Å²) >= 11 is 0. The number of sulfone groups is 1. The molecule has 1 aromatic heterocycles. The molecule has 1 aliphatic heterocycles. The molecule has 0 bridgehead atoms. The zero-order chi connectivity index (χ0) is 21.6. The summed E-state index contributed by atoms with van der Waals surface area (Å²) < 4.78 is 68.1. The summed E-state index contributed by atoms with van der Waals surface area (Å²) in [5, 5.41) is 11.6. The van der Waals surface area contributed by atoms with Crippen LogP contribution in [0.1, 0.15) is 18.9 Å². The Hall–Kier alpha value is -2.89. The minimum Gasteiger partial charge on any atom is -0.480 e. The summed E-state index contributed by atoms with van der Waals surface area (Å²) in [6.45, 7) is 0.581. The lowest BCUT2D eigenvalue weighted by Crippen LogP contribution is -2.39. The van der Waals surface area contributed by atoms with Gasteiger partial charge in [0.15, 0.2) is 9.84 Å². The fourth-order valence-corrected chi connectivity index (χ4v) is 5.23. The number of hydrogen-bond donors (Lipinski definition) is 1. The van der Waals surface area contributed by atoms with Gasteiger partial charge in [-0.15, -0.1) is 0 Å². The second-order valence-electron chi connectivity index (χ2n) is 6.56. The number of rotatable bonds is 4. The van der Waals surface area contributed by atoms with Gasteiger partial charge in [0, 0.05) is 25.9 Å². The third kappa shape index (κ3) is 3.84. The fraction of sp³-hybridized carbons (Fsp3) is 0.353. The average molecular weight is 431 g/mol. The first kappa shape index (κ1) is 20.8. The van der Waals surface area contributed by atoms with Gasteiger partial charge in [0.1, 0.15) is 6.04 Å². The predicted octanol–water partition coefficient (Wildman–Crippen LogP) is 1.74. The van der Waals surface area contributed by atoms with Crippen LogP contribution < -0.4 is 0 Å². The molecule has 156 valence electrons. The van der Waals surface area contributed by atoms with Crippen LogP contribution in [0.4, 0.5) is 13.2 Å². The van der Waals surface area contributed by atoms with E-state index in [1.165, 1.54) is 24.5 Å². The van der Waals surface area contributed by atoms with E-state index in [1.54, 1.807) is 0 Å². The summed E-state index contributed by atoms with van der Waals surface area (Å²) in [4.78, 5) is 22.9. The molecule has 1 aromatic carbocycles. The maximum atomic E-state index is 13.6. The topological polar surface area (TPSA) is 110 Å². The van der Waals surface area contributed by atoms with Crippen molar-refractivity contribution in [2.24, 2.45) is 0 Å². The lowest BCUT2D eigenvalue weighted by molar-refractivity contribution is -0.147. The smallest absolute Gasteiger partial charge is 0.417 e. The lowest BCUT2D eigenvalue weighted by Gasteiger charge is -2.19. The molecule has 1 amide bonds. The average Bonchev–Trinajstić information content (AvgIpc) is 3.30. The number of carboxylic acid groups (broad SMARTS) is 1. The van der Waals surface area contributed by atoms with Gasteiger partial charge in [-0.2, -0.15) is 18.3 Å². The number of benzene rings is 1. The molecule has 1 saturated heterocycles. The van der Waals surface area contributed by atoms with Gasteiger partial charge in [0.05, 0.1) is 21.4 Å². The van der Waals surface area contributed by atoms with Gasteiger partial charge in [0.25, 0.3) is 0 Å². The third-order valence-corrected chi connectivity index (χ3v) is 6.92. The van der Waals surface area contributed by atoms with Crippen LogP contribution in [0, 0.1) is 0 Å². The Morgan fingerprint density at radius 1 is 1.28 bits per heavy atom. The van der Waals surface area contributed by atoms with Gasteiger partial charge >= 0.3 is 12.1 Å². The first-order valence-corrected chi connectivity index (χ1v) is 9.92. The van der Waals surface area contributed by atoms with E-state index in [9.17, 15) is 36.3 Å². The maximum absolute atomic E-state index is 13.6. The van der Waals surface area contributed by atoms with Crippen LogP contribution in [0.3, 0.4) is 0 Å². The van der Waals surface area contributed by atoms with E-state index in [0.29, 0.717) is 6.07 Å².